The third-order valence-corrected chi connectivity index (χ3v) is 9.80. The number of H-pyrrole nitrogens is 5. The summed E-state index contributed by atoms with van der Waals surface area (Å²) in [6, 6.07) is 3.35. The average Bonchev–Trinajstić information content (AvgIpc) is 3.87. The Morgan fingerprint density at radius 2 is 1.60 bits per heavy atom. The fourth-order valence-electron chi connectivity index (χ4n) is 6.67. The number of amides is 2. The van der Waals surface area contributed by atoms with Crippen LogP contribution in [0.1, 0.15) is 49.9 Å². The van der Waals surface area contributed by atoms with Gasteiger partial charge in [0.2, 0.25) is 0 Å². The van der Waals surface area contributed by atoms with E-state index in [1.54, 1.807) is 42.7 Å². The number of fused-ring (bicyclic) bond motifs is 1. The van der Waals surface area contributed by atoms with Crippen LogP contribution in [0.4, 0.5) is 17.7 Å². The number of aromatic nitrogens is 8. The molecule has 0 saturated heterocycles. The van der Waals surface area contributed by atoms with Gasteiger partial charge in [0.05, 0.1) is 18.6 Å². The van der Waals surface area contributed by atoms with Gasteiger partial charge in [0.1, 0.15) is 22.9 Å². The largest absolute Gasteiger partial charge is 0.369 e. The monoisotopic (exact) mass is 783 g/mol. The van der Waals surface area contributed by atoms with Crippen LogP contribution in [-0.4, -0.2) is 88.8 Å². The standard InChI is InChI=1S/C28H31Br2N15O3/c1-44-9-39-22-20(21(44)31)45(28(48)42-22)23-19(41-27(33)43-23)18-13(7-37-25(47)15-3-11(30)5-35-15)12(17(18)16-8-38-26(32)40-16)6-36-24(46)14-2-10(29)4-34-14/h2-5,8,12-13,17-18,31,34-35,39H,6-7,9H2,1H3,(H,36,46)(H,37,47)(H,42,48)(H3,32,38,40)(H3,33,41,43). The highest BCUT2D eigenvalue weighted by atomic mass is 79.9. The Balaban J connectivity index is 1.29. The summed E-state index contributed by atoms with van der Waals surface area (Å²) in [6.07, 6.45) is 4.96. The van der Waals surface area contributed by atoms with Crippen LogP contribution in [0, 0.1) is 17.2 Å². The van der Waals surface area contributed by atoms with Gasteiger partial charge in [-0.1, -0.05) is 0 Å². The summed E-state index contributed by atoms with van der Waals surface area (Å²) in [6.45, 7) is 0.745. The molecule has 2 amide bonds. The molecule has 0 aromatic carbocycles. The van der Waals surface area contributed by atoms with Gasteiger partial charge < -0.3 is 52.3 Å². The molecule has 4 unspecified atom stereocenters. The summed E-state index contributed by atoms with van der Waals surface area (Å²) in [4.78, 5) is 65.1. The van der Waals surface area contributed by atoms with Crippen molar-refractivity contribution in [1.29, 1.82) is 5.41 Å². The molecule has 1 saturated carbocycles. The Labute approximate surface area is 288 Å². The molecule has 20 heteroatoms. The number of hydrogen-bond acceptors (Lipinski definition) is 9. The quantitative estimate of drug-likeness (QED) is 0.103. The van der Waals surface area contributed by atoms with Crippen LogP contribution < -0.4 is 33.1 Å². The molecule has 18 nitrogen and oxygen atoms in total. The Bertz CT molecular complexity index is 2100. The van der Waals surface area contributed by atoms with E-state index in [1.165, 1.54) is 4.57 Å². The van der Waals surface area contributed by atoms with Gasteiger partial charge in [-0.2, -0.15) is 4.98 Å². The lowest BCUT2D eigenvalue weighted by molar-refractivity contribution is 0.0674. The summed E-state index contributed by atoms with van der Waals surface area (Å²) >= 11 is 6.72. The smallest absolute Gasteiger partial charge is 0.333 e. The molecule has 1 aliphatic carbocycles. The molecule has 0 bridgehead atoms. The van der Waals surface area contributed by atoms with Crippen molar-refractivity contribution >= 4 is 67.2 Å². The maximum Gasteiger partial charge on any atom is 0.333 e. The van der Waals surface area contributed by atoms with Crippen molar-refractivity contribution in [2.24, 2.45) is 11.8 Å². The molecule has 250 valence electrons. The van der Waals surface area contributed by atoms with E-state index >= 15 is 0 Å². The lowest BCUT2D eigenvalue weighted by Crippen LogP contribution is -2.53. The minimum Gasteiger partial charge on any atom is -0.369 e. The minimum absolute atomic E-state index is 0.0569. The number of nitrogens with one attached hydrogen (secondary N) is 9. The van der Waals surface area contributed by atoms with Gasteiger partial charge in [0.15, 0.2) is 23.6 Å². The highest BCUT2D eigenvalue weighted by Crippen LogP contribution is 2.57. The van der Waals surface area contributed by atoms with Gasteiger partial charge in [-0.25, -0.2) is 14.3 Å². The van der Waals surface area contributed by atoms with E-state index < -0.39 is 11.6 Å². The van der Waals surface area contributed by atoms with Crippen LogP contribution in [0.2, 0.25) is 0 Å². The van der Waals surface area contributed by atoms with E-state index in [0.717, 1.165) is 8.95 Å². The van der Waals surface area contributed by atoms with Crippen molar-refractivity contribution in [1.82, 2.24) is 55.0 Å². The summed E-state index contributed by atoms with van der Waals surface area (Å²) in [5.41, 5.74) is 14.0. The number of carbonyl (C=O) groups excluding carboxylic acids is 2. The number of hydrogen-bond donors (Lipinski definition) is 11. The molecule has 5 aromatic rings. The molecule has 5 aromatic heterocycles. The average molecular weight is 785 g/mol. The summed E-state index contributed by atoms with van der Waals surface area (Å²) in [5, 5.41) is 17.9. The van der Waals surface area contributed by atoms with Crippen LogP contribution in [0.25, 0.3) is 5.82 Å². The molecule has 0 spiro atoms. The molecular formula is C28H31Br2N15O3. The number of nitrogens with zero attached hydrogens (tertiary/aromatic N) is 4. The molecule has 0 radical (unpaired) electrons. The minimum atomic E-state index is -0.509. The maximum atomic E-state index is 13.4. The van der Waals surface area contributed by atoms with E-state index in [4.69, 9.17) is 16.9 Å². The second-order valence-electron chi connectivity index (χ2n) is 11.7. The van der Waals surface area contributed by atoms with Crippen molar-refractivity contribution in [3.8, 4) is 5.82 Å². The number of aromatic amines is 5. The van der Waals surface area contributed by atoms with E-state index in [1.807, 2.05) is 0 Å². The van der Waals surface area contributed by atoms with Gasteiger partial charge in [-0.05, 0) is 55.8 Å². The zero-order valence-electron chi connectivity index (χ0n) is 25.2. The van der Waals surface area contributed by atoms with E-state index in [9.17, 15) is 14.4 Å². The molecule has 6 heterocycles. The van der Waals surface area contributed by atoms with Crippen LogP contribution in [-0.2, 0) is 0 Å². The molecule has 48 heavy (non-hydrogen) atoms. The number of anilines is 3. The Kier molecular flexibility index (Phi) is 7.90. The molecule has 4 atom stereocenters. The van der Waals surface area contributed by atoms with Crippen LogP contribution in [0.5, 0.6) is 0 Å². The van der Waals surface area contributed by atoms with E-state index in [2.05, 4.69) is 82.7 Å². The van der Waals surface area contributed by atoms with Crippen molar-refractivity contribution in [2.75, 3.05) is 43.6 Å². The second-order valence-corrected chi connectivity index (χ2v) is 13.5. The van der Waals surface area contributed by atoms with E-state index in [-0.39, 0.29) is 66.2 Å². The Morgan fingerprint density at radius 1 is 0.979 bits per heavy atom. The molecule has 1 fully saturated rings. The zero-order chi connectivity index (χ0) is 33.9. The predicted octanol–water partition coefficient (Wildman–Crippen LogP) is 1.57. The third-order valence-electron chi connectivity index (χ3n) is 8.88. The fourth-order valence-corrected chi connectivity index (χ4v) is 7.36. The molecule has 1 aliphatic heterocycles. The highest BCUT2D eigenvalue weighted by Gasteiger charge is 2.54. The van der Waals surface area contributed by atoms with Crippen molar-refractivity contribution in [2.45, 2.75) is 11.8 Å². The first-order valence-electron chi connectivity index (χ1n) is 14.8. The SMILES string of the molecule is CN1CNc2[nH]c(=O)n(-c3nc(N)[nH]c3C3C(CNC(=O)c4cc(Br)c[nH]4)C(CNC(=O)c4cc(Br)c[nH]4)C3c3cnc(N)[nH]3)c2C1=N. The van der Waals surface area contributed by atoms with Crippen molar-refractivity contribution in [3.63, 3.8) is 0 Å². The third kappa shape index (κ3) is 5.45. The van der Waals surface area contributed by atoms with Gasteiger partial charge in [-0.3, -0.25) is 20.0 Å². The Hall–Kier alpha value is -5.24. The number of nitrogen functional groups attached to an aromatic ring is 2. The summed E-state index contributed by atoms with van der Waals surface area (Å²) in [5.74, 6) is -1.02. The normalized spacial score (nSPS) is 20.2. The van der Waals surface area contributed by atoms with Crippen LogP contribution in [0.3, 0.4) is 0 Å². The first-order chi connectivity index (χ1) is 23.0. The van der Waals surface area contributed by atoms with E-state index in [0.29, 0.717) is 41.0 Å². The van der Waals surface area contributed by atoms with Gasteiger partial charge >= 0.3 is 5.69 Å². The van der Waals surface area contributed by atoms with Gasteiger partial charge in [0, 0.05) is 59.0 Å². The predicted molar refractivity (Wildman–Crippen MR) is 183 cm³/mol. The van der Waals surface area contributed by atoms with Crippen LogP contribution >= 0.6 is 31.9 Å². The fraction of sp³-hybridized carbons (Fsp3) is 0.286. The number of halogens is 2. The molecule has 7 rings (SSSR count). The van der Waals surface area contributed by atoms with Crippen LogP contribution in [0.15, 0.2) is 44.5 Å². The number of imidazole rings is 3. The van der Waals surface area contributed by atoms with Crippen molar-refractivity contribution < 1.29 is 9.59 Å². The Morgan fingerprint density at radius 3 is 2.17 bits per heavy atom. The summed E-state index contributed by atoms with van der Waals surface area (Å²) < 4.78 is 2.79. The molecule has 2 aliphatic rings. The van der Waals surface area contributed by atoms with Crippen molar-refractivity contribution in [3.05, 3.63) is 78.6 Å². The first kappa shape index (κ1) is 31.4. The number of amidine groups is 1. The lowest BCUT2D eigenvalue weighted by atomic mass is 9.54. The maximum absolute atomic E-state index is 13.4. The van der Waals surface area contributed by atoms with Gasteiger partial charge in [-0.15, -0.1) is 0 Å². The number of rotatable bonds is 9. The molecular weight excluding hydrogens is 754 g/mol. The first-order valence-corrected chi connectivity index (χ1v) is 16.4. The van der Waals surface area contributed by atoms with Gasteiger partial charge in [0.25, 0.3) is 11.8 Å². The number of nitrogens with two attached hydrogens (primary N) is 2. The summed E-state index contributed by atoms with van der Waals surface area (Å²) in [7, 11) is 1.73. The lowest BCUT2D eigenvalue weighted by Gasteiger charge is -2.51. The molecule has 13 N–H and O–H groups in total. The zero-order valence-corrected chi connectivity index (χ0v) is 28.4. The number of carbonyl (C=O) groups is 2. The topological polar surface area (TPSA) is 276 Å². The second kappa shape index (κ2) is 12.1. The highest BCUT2D eigenvalue weighted by molar-refractivity contribution is 9.10.